The van der Waals surface area contributed by atoms with E-state index >= 15 is 0 Å². The monoisotopic (exact) mass is 259 g/mol. The maximum absolute atomic E-state index is 3.56. The van der Waals surface area contributed by atoms with E-state index in [1.54, 1.807) is 0 Å². The van der Waals surface area contributed by atoms with Crippen molar-refractivity contribution in [3.8, 4) is 0 Å². The van der Waals surface area contributed by atoms with E-state index < -0.39 is 0 Å². The summed E-state index contributed by atoms with van der Waals surface area (Å²) in [4.78, 5) is 0. The molecule has 1 unspecified atom stereocenters. The van der Waals surface area contributed by atoms with Crippen molar-refractivity contribution in [1.82, 2.24) is 0 Å². The minimum Gasteiger partial charge on any atom is -0.384 e. The van der Waals surface area contributed by atoms with Gasteiger partial charge >= 0.3 is 0 Å². The smallest absolute Gasteiger partial charge is 0.0376 e. The fraction of sp³-hybridized carbons (Fsp3) is 0.667. The summed E-state index contributed by atoms with van der Waals surface area (Å²) in [5.41, 5.74) is 5.13. The number of fused-ring (bicyclic) bond motifs is 1. The first-order valence-electron chi connectivity index (χ1n) is 7.51. The Balaban J connectivity index is 2.21. The molecule has 0 aliphatic carbocycles. The van der Waals surface area contributed by atoms with Crippen molar-refractivity contribution in [1.29, 1.82) is 0 Å². The molecule has 1 aliphatic heterocycles. The Morgan fingerprint density at radius 3 is 2.32 bits per heavy atom. The molecule has 0 amide bonds. The number of nitrogens with one attached hydrogen (secondary N) is 1. The molecule has 0 saturated heterocycles. The number of anilines is 1. The van der Waals surface area contributed by atoms with E-state index in [9.17, 15) is 0 Å². The molecule has 1 heteroatoms. The van der Waals surface area contributed by atoms with E-state index in [-0.39, 0.29) is 0 Å². The lowest BCUT2D eigenvalue weighted by molar-refractivity contribution is 0.348. The van der Waals surface area contributed by atoms with Crippen LogP contribution >= 0.6 is 0 Å². The molecule has 0 fully saturated rings. The standard InChI is InChI=1S/C18H29N/c1-17(2,3)10-13-7-8-16-15(9-13)14(12-19-16)11-18(4,5)6/h7-9,14,19H,10-12H2,1-6H3. The van der Waals surface area contributed by atoms with E-state index in [2.05, 4.69) is 65.1 Å². The zero-order chi connectivity index (χ0) is 14.3. The fourth-order valence-electron chi connectivity index (χ4n) is 3.10. The van der Waals surface area contributed by atoms with Gasteiger partial charge in [-0.05, 0) is 40.9 Å². The molecule has 0 radical (unpaired) electrons. The van der Waals surface area contributed by atoms with Gasteiger partial charge in [-0.1, -0.05) is 53.7 Å². The first-order valence-corrected chi connectivity index (χ1v) is 7.51. The Hall–Kier alpha value is -0.980. The molecule has 1 aliphatic rings. The molecule has 1 N–H and O–H groups in total. The molecule has 106 valence electrons. The molecule has 1 heterocycles. The van der Waals surface area contributed by atoms with Crippen molar-refractivity contribution >= 4 is 5.69 Å². The summed E-state index contributed by atoms with van der Waals surface area (Å²) in [6.45, 7) is 15.0. The lowest BCUT2D eigenvalue weighted by Crippen LogP contribution is -2.13. The van der Waals surface area contributed by atoms with Crippen molar-refractivity contribution in [2.24, 2.45) is 10.8 Å². The van der Waals surface area contributed by atoms with Gasteiger partial charge in [0.25, 0.3) is 0 Å². The normalized spacial score (nSPS) is 19.2. The predicted octanol–water partition coefficient (Wildman–Crippen LogP) is 5.22. The molecule has 1 aromatic carbocycles. The lowest BCUT2D eigenvalue weighted by Gasteiger charge is -2.23. The summed E-state index contributed by atoms with van der Waals surface area (Å²) in [6.07, 6.45) is 2.41. The van der Waals surface area contributed by atoms with Gasteiger partial charge in [0.1, 0.15) is 0 Å². The van der Waals surface area contributed by atoms with Gasteiger partial charge in [0.05, 0.1) is 0 Å². The molecular formula is C18H29N. The summed E-state index contributed by atoms with van der Waals surface area (Å²) in [5.74, 6) is 0.676. The van der Waals surface area contributed by atoms with Crippen molar-refractivity contribution in [3.63, 3.8) is 0 Å². The van der Waals surface area contributed by atoms with Crippen molar-refractivity contribution in [3.05, 3.63) is 29.3 Å². The van der Waals surface area contributed by atoms with Crippen LogP contribution in [-0.2, 0) is 6.42 Å². The molecular weight excluding hydrogens is 230 g/mol. The Morgan fingerprint density at radius 2 is 1.74 bits per heavy atom. The van der Waals surface area contributed by atoms with Gasteiger partial charge in [-0.15, -0.1) is 0 Å². The van der Waals surface area contributed by atoms with Crippen molar-refractivity contribution in [2.75, 3.05) is 11.9 Å². The molecule has 2 rings (SSSR count). The summed E-state index contributed by atoms with van der Waals surface area (Å²) < 4.78 is 0. The summed E-state index contributed by atoms with van der Waals surface area (Å²) in [5, 5.41) is 3.56. The van der Waals surface area contributed by atoms with Gasteiger partial charge in [0, 0.05) is 18.2 Å². The van der Waals surface area contributed by atoms with E-state index in [1.807, 2.05) is 0 Å². The second-order valence-corrected chi connectivity index (χ2v) is 8.50. The van der Waals surface area contributed by atoms with Crippen LogP contribution in [0.15, 0.2) is 18.2 Å². The number of hydrogen-bond donors (Lipinski definition) is 1. The van der Waals surface area contributed by atoms with Gasteiger partial charge in [0.15, 0.2) is 0 Å². The third-order valence-electron chi connectivity index (χ3n) is 3.69. The highest BCUT2D eigenvalue weighted by atomic mass is 14.9. The van der Waals surface area contributed by atoms with Crippen LogP contribution in [0.25, 0.3) is 0 Å². The minimum atomic E-state index is 0.361. The second kappa shape index (κ2) is 4.85. The van der Waals surface area contributed by atoms with Crippen LogP contribution in [0, 0.1) is 10.8 Å². The van der Waals surface area contributed by atoms with Crippen LogP contribution in [0.5, 0.6) is 0 Å². The third-order valence-corrected chi connectivity index (χ3v) is 3.69. The lowest BCUT2D eigenvalue weighted by atomic mass is 9.81. The average molecular weight is 259 g/mol. The first kappa shape index (κ1) is 14.4. The van der Waals surface area contributed by atoms with Crippen LogP contribution < -0.4 is 5.32 Å². The maximum atomic E-state index is 3.56. The number of benzene rings is 1. The predicted molar refractivity (Wildman–Crippen MR) is 84.9 cm³/mol. The third kappa shape index (κ3) is 3.99. The van der Waals surface area contributed by atoms with Gasteiger partial charge < -0.3 is 5.32 Å². The fourth-order valence-corrected chi connectivity index (χ4v) is 3.10. The topological polar surface area (TPSA) is 12.0 Å². The maximum Gasteiger partial charge on any atom is 0.0376 e. The SMILES string of the molecule is CC(C)(C)Cc1ccc2c(c1)C(CC(C)(C)C)CN2. The number of rotatable bonds is 2. The van der Waals surface area contributed by atoms with E-state index in [0.717, 1.165) is 13.0 Å². The van der Waals surface area contributed by atoms with Gasteiger partial charge in [-0.25, -0.2) is 0 Å². The molecule has 1 nitrogen and oxygen atoms in total. The second-order valence-electron chi connectivity index (χ2n) is 8.50. The summed E-state index contributed by atoms with van der Waals surface area (Å²) in [6, 6.07) is 7.01. The van der Waals surface area contributed by atoms with Gasteiger partial charge in [-0.2, -0.15) is 0 Å². The Bertz CT molecular complexity index is 446. The van der Waals surface area contributed by atoms with Crippen molar-refractivity contribution in [2.45, 2.75) is 60.3 Å². The van der Waals surface area contributed by atoms with Gasteiger partial charge in [-0.3, -0.25) is 0 Å². The average Bonchev–Trinajstić information content (AvgIpc) is 2.56. The van der Waals surface area contributed by atoms with Crippen LogP contribution in [-0.4, -0.2) is 6.54 Å². The minimum absolute atomic E-state index is 0.361. The highest BCUT2D eigenvalue weighted by molar-refractivity contribution is 5.59. The van der Waals surface area contributed by atoms with Crippen LogP contribution in [0.1, 0.15) is 65.0 Å². The zero-order valence-corrected chi connectivity index (χ0v) is 13.4. The highest BCUT2D eigenvalue weighted by Crippen LogP contribution is 2.39. The van der Waals surface area contributed by atoms with Crippen molar-refractivity contribution < 1.29 is 0 Å². The Labute approximate surface area is 118 Å². The van der Waals surface area contributed by atoms with Crippen LogP contribution in [0.4, 0.5) is 5.69 Å². The molecule has 0 aromatic heterocycles. The Kier molecular flexibility index (Phi) is 3.68. The Morgan fingerprint density at radius 1 is 1.05 bits per heavy atom. The number of hydrogen-bond acceptors (Lipinski definition) is 1. The zero-order valence-electron chi connectivity index (χ0n) is 13.4. The molecule has 0 spiro atoms. The largest absolute Gasteiger partial charge is 0.384 e. The van der Waals surface area contributed by atoms with Crippen LogP contribution in [0.2, 0.25) is 0 Å². The molecule has 0 bridgehead atoms. The van der Waals surface area contributed by atoms with E-state index in [4.69, 9.17) is 0 Å². The summed E-state index contributed by atoms with van der Waals surface area (Å²) >= 11 is 0. The van der Waals surface area contributed by atoms with Gasteiger partial charge in [0.2, 0.25) is 0 Å². The molecule has 0 saturated carbocycles. The first-order chi connectivity index (χ1) is 8.64. The quantitative estimate of drug-likeness (QED) is 0.767. The molecule has 19 heavy (non-hydrogen) atoms. The summed E-state index contributed by atoms with van der Waals surface area (Å²) in [7, 11) is 0. The molecule has 1 aromatic rings. The van der Waals surface area contributed by atoms with Crippen LogP contribution in [0.3, 0.4) is 0 Å². The highest BCUT2D eigenvalue weighted by Gasteiger charge is 2.27. The molecule has 1 atom stereocenters. The van der Waals surface area contributed by atoms with E-state index in [1.165, 1.54) is 23.2 Å². The van der Waals surface area contributed by atoms with E-state index in [0.29, 0.717) is 16.7 Å².